The maximum Gasteiger partial charge on any atom is 0.123 e. The van der Waals surface area contributed by atoms with Crippen LogP contribution in [0.1, 0.15) is 38.3 Å². The lowest BCUT2D eigenvalue weighted by atomic mass is 9.98. The van der Waals surface area contributed by atoms with Crippen molar-refractivity contribution < 1.29 is 4.39 Å². The fraction of sp³-hybridized carbons (Fsp3) is 0.600. The summed E-state index contributed by atoms with van der Waals surface area (Å²) in [6, 6.07) is 7.28. The molecular formula is C15H23FN2. The van der Waals surface area contributed by atoms with E-state index in [1.54, 1.807) is 12.1 Å². The lowest BCUT2D eigenvalue weighted by molar-refractivity contribution is 0.157. The third kappa shape index (κ3) is 2.90. The highest BCUT2D eigenvalue weighted by Crippen LogP contribution is 2.36. The highest BCUT2D eigenvalue weighted by molar-refractivity contribution is 5.21. The molecule has 3 atom stereocenters. The van der Waals surface area contributed by atoms with E-state index in [4.69, 9.17) is 5.73 Å². The SMILES string of the molecule is CC(C1CC1)N(C)C(C)C(N)c1ccc(F)cc1. The Balaban J connectivity index is 2.02. The molecular weight excluding hydrogens is 227 g/mol. The molecule has 0 spiro atoms. The first kappa shape index (κ1) is 13.5. The summed E-state index contributed by atoms with van der Waals surface area (Å²) in [5.74, 6) is 0.621. The average Bonchev–Trinajstić information content (AvgIpc) is 3.20. The molecule has 0 aromatic heterocycles. The topological polar surface area (TPSA) is 29.3 Å². The van der Waals surface area contributed by atoms with Gasteiger partial charge in [-0.2, -0.15) is 0 Å². The van der Waals surface area contributed by atoms with Crippen LogP contribution in [0.3, 0.4) is 0 Å². The van der Waals surface area contributed by atoms with Crippen LogP contribution in [0.2, 0.25) is 0 Å². The van der Waals surface area contributed by atoms with Gasteiger partial charge in [-0.15, -0.1) is 0 Å². The van der Waals surface area contributed by atoms with Gasteiger partial charge < -0.3 is 5.73 Å². The van der Waals surface area contributed by atoms with E-state index in [9.17, 15) is 4.39 Å². The first-order valence-electron chi connectivity index (χ1n) is 6.73. The van der Waals surface area contributed by atoms with Gasteiger partial charge in [0, 0.05) is 18.1 Å². The summed E-state index contributed by atoms with van der Waals surface area (Å²) in [6.45, 7) is 4.42. The van der Waals surface area contributed by atoms with Crippen LogP contribution >= 0.6 is 0 Å². The summed E-state index contributed by atoms with van der Waals surface area (Å²) < 4.78 is 12.9. The summed E-state index contributed by atoms with van der Waals surface area (Å²) in [6.07, 6.45) is 2.67. The Morgan fingerprint density at radius 3 is 2.28 bits per heavy atom. The molecule has 0 bridgehead atoms. The van der Waals surface area contributed by atoms with Crippen molar-refractivity contribution in [1.82, 2.24) is 4.90 Å². The van der Waals surface area contributed by atoms with Gasteiger partial charge in [-0.1, -0.05) is 12.1 Å². The molecule has 3 unspecified atom stereocenters. The van der Waals surface area contributed by atoms with E-state index in [0.29, 0.717) is 6.04 Å². The number of likely N-dealkylation sites (N-methyl/N-ethyl adjacent to an activating group) is 1. The molecule has 0 radical (unpaired) electrons. The molecule has 1 aliphatic carbocycles. The second kappa shape index (κ2) is 5.37. The summed E-state index contributed by atoms with van der Waals surface area (Å²) in [4.78, 5) is 2.35. The minimum absolute atomic E-state index is 0.0724. The fourth-order valence-electron chi connectivity index (χ4n) is 2.50. The lowest BCUT2D eigenvalue weighted by Gasteiger charge is -2.34. The molecule has 1 aromatic carbocycles. The smallest absolute Gasteiger partial charge is 0.123 e. The third-order valence-corrected chi connectivity index (χ3v) is 4.36. The number of hydrogen-bond donors (Lipinski definition) is 1. The van der Waals surface area contributed by atoms with Crippen molar-refractivity contribution in [3.63, 3.8) is 0 Å². The highest BCUT2D eigenvalue weighted by Gasteiger charge is 2.33. The minimum atomic E-state index is -0.210. The zero-order valence-electron chi connectivity index (χ0n) is 11.4. The first-order valence-corrected chi connectivity index (χ1v) is 6.73. The number of halogens is 1. The van der Waals surface area contributed by atoms with Crippen LogP contribution in [0.25, 0.3) is 0 Å². The van der Waals surface area contributed by atoms with Gasteiger partial charge >= 0.3 is 0 Å². The van der Waals surface area contributed by atoms with Crippen LogP contribution in [0.5, 0.6) is 0 Å². The van der Waals surface area contributed by atoms with E-state index in [1.165, 1.54) is 25.0 Å². The quantitative estimate of drug-likeness (QED) is 0.870. The van der Waals surface area contributed by atoms with Gasteiger partial charge in [0.25, 0.3) is 0 Å². The van der Waals surface area contributed by atoms with Crippen molar-refractivity contribution in [2.45, 2.75) is 44.8 Å². The van der Waals surface area contributed by atoms with Gasteiger partial charge in [0.1, 0.15) is 5.82 Å². The van der Waals surface area contributed by atoms with Crippen molar-refractivity contribution in [1.29, 1.82) is 0 Å². The number of nitrogens with two attached hydrogens (primary N) is 1. The van der Waals surface area contributed by atoms with Crippen LogP contribution in [0.15, 0.2) is 24.3 Å². The van der Waals surface area contributed by atoms with E-state index in [1.807, 2.05) is 0 Å². The van der Waals surface area contributed by atoms with Gasteiger partial charge in [0.15, 0.2) is 0 Å². The van der Waals surface area contributed by atoms with Gasteiger partial charge in [0.2, 0.25) is 0 Å². The molecule has 2 rings (SSSR count). The van der Waals surface area contributed by atoms with Crippen molar-refractivity contribution in [2.24, 2.45) is 11.7 Å². The monoisotopic (exact) mass is 250 g/mol. The Labute approximate surface area is 109 Å². The van der Waals surface area contributed by atoms with E-state index >= 15 is 0 Å². The molecule has 0 amide bonds. The van der Waals surface area contributed by atoms with Crippen LogP contribution in [0.4, 0.5) is 4.39 Å². The molecule has 2 N–H and O–H groups in total. The number of rotatable bonds is 5. The maximum absolute atomic E-state index is 12.9. The molecule has 100 valence electrons. The van der Waals surface area contributed by atoms with Crippen molar-refractivity contribution in [2.75, 3.05) is 7.05 Å². The van der Waals surface area contributed by atoms with E-state index in [0.717, 1.165) is 11.5 Å². The Kier molecular flexibility index (Phi) is 4.03. The Hall–Kier alpha value is -0.930. The Morgan fingerprint density at radius 2 is 1.78 bits per heavy atom. The zero-order valence-corrected chi connectivity index (χ0v) is 11.4. The van der Waals surface area contributed by atoms with Gasteiger partial charge in [-0.25, -0.2) is 4.39 Å². The number of hydrogen-bond acceptors (Lipinski definition) is 2. The second-order valence-electron chi connectivity index (χ2n) is 5.56. The van der Waals surface area contributed by atoms with Crippen molar-refractivity contribution >= 4 is 0 Å². The predicted octanol–water partition coefficient (Wildman–Crippen LogP) is 2.94. The summed E-state index contributed by atoms with van der Waals surface area (Å²) >= 11 is 0. The molecule has 1 aromatic rings. The highest BCUT2D eigenvalue weighted by atomic mass is 19.1. The van der Waals surface area contributed by atoms with Crippen LogP contribution in [-0.4, -0.2) is 24.0 Å². The molecule has 1 saturated carbocycles. The molecule has 0 heterocycles. The number of nitrogens with zero attached hydrogens (tertiary/aromatic N) is 1. The van der Waals surface area contributed by atoms with Crippen molar-refractivity contribution in [3.05, 3.63) is 35.6 Å². The number of benzene rings is 1. The third-order valence-electron chi connectivity index (χ3n) is 4.36. The molecule has 2 nitrogen and oxygen atoms in total. The van der Waals surface area contributed by atoms with Crippen molar-refractivity contribution in [3.8, 4) is 0 Å². The second-order valence-corrected chi connectivity index (χ2v) is 5.56. The minimum Gasteiger partial charge on any atom is -0.323 e. The summed E-state index contributed by atoms with van der Waals surface area (Å²) in [5, 5.41) is 0. The summed E-state index contributed by atoms with van der Waals surface area (Å²) in [5.41, 5.74) is 7.28. The standard InChI is InChI=1S/C15H23FN2/c1-10(12-4-5-12)18(3)11(2)15(17)13-6-8-14(16)9-7-13/h6-12,15H,4-5,17H2,1-3H3. The maximum atomic E-state index is 12.9. The molecule has 1 aliphatic rings. The molecule has 18 heavy (non-hydrogen) atoms. The Bertz CT molecular complexity index is 386. The fourth-order valence-corrected chi connectivity index (χ4v) is 2.50. The van der Waals surface area contributed by atoms with E-state index in [2.05, 4.69) is 25.8 Å². The lowest BCUT2D eigenvalue weighted by Crippen LogP contribution is -2.44. The Morgan fingerprint density at radius 1 is 1.22 bits per heavy atom. The average molecular weight is 250 g/mol. The predicted molar refractivity (Wildman–Crippen MR) is 72.7 cm³/mol. The molecule has 1 fully saturated rings. The molecule has 3 heteroatoms. The normalized spacial score (nSPS) is 20.8. The van der Waals surface area contributed by atoms with Crippen LogP contribution < -0.4 is 5.73 Å². The van der Waals surface area contributed by atoms with Gasteiger partial charge in [-0.05, 0) is 57.4 Å². The molecule has 0 aliphatic heterocycles. The van der Waals surface area contributed by atoms with E-state index < -0.39 is 0 Å². The van der Waals surface area contributed by atoms with Crippen LogP contribution in [0, 0.1) is 11.7 Å². The zero-order chi connectivity index (χ0) is 13.3. The first-order chi connectivity index (χ1) is 8.50. The summed E-state index contributed by atoms with van der Waals surface area (Å²) in [7, 11) is 2.14. The largest absolute Gasteiger partial charge is 0.323 e. The molecule has 0 saturated heterocycles. The van der Waals surface area contributed by atoms with E-state index in [-0.39, 0.29) is 17.9 Å². The van der Waals surface area contributed by atoms with Gasteiger partial charge in [0.05, 0.1) is 0 Å². The van der Waals surface area contributed by atoms with Crippen LogP contribution in [-0.2, 0) is 0 Å². The van der Waals surface area contributed by atoms with Gasteiger partial charge in [-0.3, -0.25) is 4.90 Å².